The first-order valence-electron chi connectivity index (χ1n) is 5.50. The van der Waals surface area contributed by atoms with Crippen molar-refractivity contribution in [2.24, 2.45) is 0 Å². The molecule has 0 atom stereocenters. The van der Waals surface area contributed by atoms with E-state index in [0.717, 1.165) is 11.0 Å². The van der Waals surface area contributed by atoms with Crippen molar-refractivity contribution >= 4 is 35.0 Å². The van der Waals surface area contributed by atoms with E-state index in [9.17, 15) is 9.18 Å². The minimum atomic E-state index is -0.438. The fourth-order valence-corrected chi connectivity index (χ4v) is 2.15. The van der Waals surface area contributed by atoms with Gasteiger partial charge in [-0.1, -0.05) is 11.6 Å². The summed E-state index contributed by atoms with van der Waals surface area (Å²) in [6.45, 7) is 0. The highest BCUT2D eigenvalue weighted by molar-refractivity contribution is 7.98. The summed E-state index contributed by atoms with van der Waals surface area (Å²) in [5, 5.41) is 2.82. The summed E-state index contributed by atoms with van der Waals surface area (Å²) in [6, 6.07) is 11.0. The Morgan fingerprint density at radius 2 is 1.89 bits per heavy atom. The van der Waals surface area contributed by atoms with E-state index >= 15 is 0 Å². The maximum absolute atomic E-state index is 12.9. The summed E-state index contributed by atoms with van der Waals surface area (Å²) in [6.07, 6.45) is 1.97. The molecule has 0 saturated carbocycles. The van der Waals surface area contributed by atoms with Crippen molar-refractivity contribution in [3.8, 4) is 0 Å². The van der Waals surface area contributed by atoms with Gasteiger partial charge in [-0.15, -0.1) is 11.8 Å². The van der Waals surface area contributed by atoms with E-state index in [1.54, 1.807) is 23.9 Å². The van der Waals surface area contributed by atoms with Gasteiger partial charge in [0.25, 0.3) is 5.91 Å². The molecule has 0 unspecified atom stereocenters. The molecule has 0 radical (unpaired) electrons. The van der Waals surface area contributed by atoms with Gasteiger partial charge in [0.2, 0.25) is 0 Å². The second-order valence-corrected chi connectivity index (χ2v) is 5.09. The number of nitrogens with one attached hydrogen (secondary N) is 1. The van der Waals surface area contributed by atoms with Crippen LogP contribution < -0.4 is 5.32 Å². The van der Waals surface area contributed by atoms with Crippen molar-refractivity contribution in [1.29, 1.82) is 0 Å². The molecule has 0 aliphatic carbocycles. The molecule has 0 aliphatic rings. The molecular weight excluding hydrogens is 285 g/mol. The Labute approximate surface area is 120 Å². The van der Waals surface area contributed by atoms with Crippen LogP contribution in [0.4, 0.5) is 10.1 Å². The molecule has 0 heterocycles. The number of halogens is 2. The van der Waals surface area contributed by atoms with Gasteiger partial charge in [-0.3, -0.25) is 4.79 Å². The van der Waals surface area contributed by atoms with Gasteiger partial charge >= 0.3 is 0 Å². The minimum absolute atomic E-state index is 0.175. The number of carbonyl (C=O) groups is 1. The number of anilines is 1. The van der Waals surface area contributed by atoms with Crippen molar-refractivity contribution in [3.05, 3.63) is 58.9 Å². The SMILES string of the molecule is CSc1ccc(C(=O)Nc2ccc(F)cc2Cl)cc1. The van der Waals surface area contributed by atoms with E-state index in [1.807, 2.05) is 18.4 Å². The maximum atomic E-state index is 12.9. The molecule has 98 valence electrons. The lowest BCUT2D eigenvalue weighted by Gasteiger charge is -2.07. The second kappa shape index (κ2) is 6.08. The van der Waals surface area contributed by atoms with Crippen molar-refractivity contribution in [1.82, 2.24) is 0 Å². The summed E-state index contributed by atoms with van der Waals surface area (Å²) in [5.74, 6) is -0.714. The van der Waals surface area contributed by atoms with Gasteiger partial charge in [0, 0.05) is 10.5 Å². The van der Waals surface area contributed by atoms with E-state index in [0.29, 0.717) is 11.3 Å². The van der Waals surface area contributed by atoms with Crippen molar-refractivity contribution in [2.75, 3.05) is 11.6 Å². The van der Waals surface area contributed by atoms with Crippen LogP contribution in [0, 0.1) is 5.82 Å². The monoisotopic (exact) mass is 295 g/mol. The summed E-state index contributed by atoms with van der Waals surface area (Å²) >= 11 is 7.45. The van der Waals surface area contributed by atoms with Gasteiger partial charge in [-0.2, -0.15) is 0 Å². The summed E-state index contributed by atoms with van der Waals surface area (Å²) in [4.78, 5) is 13.1. The van der Waals surface area contributed by atoms with Gasteiger partial charge in [0.15, 0.2) is 0 Å². The molecule has 0 fully saturated rings. The zero-order chi connectivity index (χ0) is 13.8. The van der Waals surface area contributed by atoms with Gasteiger partial charge in [0.1, 0.15) is 5.82 Å². The Hall–Kier alpha value is -1.52. The average molecular weight is 296 g/mol. The largest absolute Gasteiger partial charge is 0.321 e. The number of carbonyl (C=O) groups excluding carboxylic acids is 1. The van der Waals surface area contributed by atoms with E-state index < -0.39 is 5.82 Å². The molecule has 2 aromatic carbocycles. The first-order valence-corrected chi connectivity index (χ1v) is 7.11. The predicted octanol–water partition coefficient (Wildman–Crippen LogP) is 4.45. The van der Waals surface area contributed by atoms with E-state index in [2.05, 4.69) is 5.32 Å². The third-order valence-corrected chi connectivity index (χ3v) is 3.59. The quantitative estimate of drug-likeness (QED) is 0.847. The molecular formula is C14H11ClFNOS. The molecule has 0 spiro atoms. The second-order valence-electron chi connectivity index (χ2n) is 3.81. The van der Waals surface area contributed by atoms with Crippen LogP contribution in [0.5, 0.6) is 0 Å². The third-order valence-electron chi connectivity index (χ3n) is 2.53. The Kier molecular flexibility index (Phi) is 4.45. The van der Waals surface area contributed by atoms with Crippen LogP contribution in [0.15, 0.2) is 47.4 Å². The summed E-state index contributed by atoms with van der Waals surface area (Å²) < 4.78 is 12.9. The zero-order valence-corrected chi connectivity index (χ0v) is 11.7. The van der Waals surface area contributed by atoms with Crippen LogP contribution >= 0.6 is 23.4 Å². The molecule has 0 aliphatic heterocycles. The highest BCUT2D eigenvalue weighted by atomic mass is 35.5. The molecule has 0 aromatic heterocycles. The Balaban J connectivity index is 2.15. The summed E-state index contributed by atoms with van der Waals surface area (Å²) in [7, 11) is 0. The van der Waals surface area contributed by atoms with Crippen molar-refractivity contribution in [2.45, 2.75) is 4.90 Å². The zero-order valence-electron chi connectivity index (χ0n) is 10.1. The van der Waals surface area contributed by atoms with Gasteiger partial charge in [-0.25, -0.2) is 4.39 Å². The predicted molar refractivity (Wildman–Crippen MR) is 77.6 cm³/mol. The number of amides is 1. The maximum Gasteiger partial charge on any atom is 0.255 e. The number of benzene rings is 2. The smallest absolute Gasteiger partial charge is 0.255 e. The van der Waals surface area contributed by atoms with Crippen LogP contribution in [0.3, 0.4) is 0 Å². The van der Waals surface area contributed by atoms with Crippen molar-refractivity contribution in [3.63, 3.8) is 0 Å². The fraction of sp³-hybridized carbons (Fsp3) is 0.0714. The molecule has 5 heteroatoms. The van der Waals surface area contributed by atoms with E-state index in [1.165, 1.54) is 12.1 Å². The molecule has 2 rings (SSSR count). The first-order chi connectivity index (χ1) is 9.10. The molecule has 0 saturated heterocycles. The minimum Gasteiger partial charge on any atom is -0.321 e. The Morgan fingerprint density at radius 1 is 1.21 bits per heavy atom. The molecule has 1 N–H and O–H groups in total. The van der Waals surface area contributed by atoms with Gasteiger partial charge in [-0.05, 0) is 48.7 Å². The fourth-order valence-electron chi connectivity index (χ4n) is 1.53. The van der Waals surface area contributed by atoms with Gasteiger partial charge in [0.05, 0.1) is 10.7 Å². The van der Waals surface area contributed by atoms with Gasteiger partial charge < -0.3 is 5.32 Å². The summed E-state index contributed by atoms with van der Waals surface area (Å²) in [5.41, 5.74) is 0.917. The average Bonchev–Trinajstić information content (AvgIpc) is 2.42. The van der Waals surface area contributed by atoms with E-state index in [4.69, 9.17) is 11.6 Å². The number of hydrogen-bond acceptors (Lipinski definition) is 2. The normalized spacial score (nSPS) is 10.3. The lowest BCUT2D eigenvalue weighted by molar-refractivity contribution is 0.102. The van der Waals surface area contributed by atoms with E-state index in [-0.39, 0.29) is 10.9 Å². The van der Waals surface area contributed by atoms with Crippen LogP contribution in [-0.4, -0.2) is 12.2 Å². The Morgan fingerprint density at radius 3 is 2.47 bits per heavy atom. The van der Waals surface area contributed by atoms with Crippen molar-refractivity contribution < 1.29 is 9.18 Å². The van der Waals surface area contributed by atoms with Crippen LogP contribution in [0.1, 0.15) is 10.4 Å². The standard InChI is InChI=1S/C14H11ClFNOS/c1-19-11-5-2-9(3-6-11)14(18)17-13-7-4-10(16)8-12(13)15/h2-8H,1H3,(H,17,18). The highest BCUT2D eigenvalue weighted by Gasteiger charge is 2.09. The molecule has 0 bridgehead atoms. The first kappa shape index (κ1) is 13.9. The Bertz CT molecular complexity index is 601. The molecule has 2 aromatic rings. The van der Waals surface area contributed by atoms with Crippen LogP contribution in [0.25, 0.3) is 0 Å². The topological polar surface area (TPSA) is 29.1 Å². The van der Waals surface area contributed by atoms with Crippen LogP contribution in [-0.2, 0) is 0 Å². The molecule has 1 amide bonds. The molecule has 2 nitrogen and oxygen atoms in total. The third kappa shape index (κ3) is 3.49. The number of hydrogen-bond donors (Lipinski definition) is 1. The number of thioether (sulfide) groups is 1. The molecule has 19 heavy (non-hydrogen) atoms. The van der Waals surface area contributed by atoms with Crippen LogP contribution in [0.2, 0.25) is 5.02 Å². The lowest BCUT2D eigenvalue weighted by Crippen LogP contribution is -2.12. The highest BCUT2D eigenvalue weighted by Crippen LogP contribution is 2.23. The lowest BCUT2D eigenvalue weighted by atomic mass is 10.2. The number of rotatable bonds is 3.